The zero-order valence-electron chi connectivity index (χ0n) is 19.5. The molecular formula is C26H31N5O. The SMILES string of the molecule is Cc1nn(CC(C)C)c(C)c1CC(=O)NC(c1ccccc1)c1nc2ccccc2n1C. The van der Waals surface area contributed by atoms with Gasteiger partial charge >= 0.3 is 0 Å². The van der Waals surface area contributed by atoms with Crippen LogP contribution in [-0.2, 0) is 24.8 Å². The molecule has 1 atom stereocenters. The van der Waals surface area contributed by atoms with Crippen molar-refractivity contribution in [3.63, 3.8) is 0 Å². The lowest BCUT2D eigenvalue weighted by Crippen LogP contribution is -2.32. The van der Waals surface area contributed by atoms with E-state index in [4.69, 9.17) is 4.98 Å². The van der Waals surface area contributed by atoms with Gasteiger partial charge in [0.15, 0.2) is 0 Å². The Morgan fingerprint density at radius 2 is 1.72 bits per heavy atom. The van der Waals surface area contributed by atoms with E-state index >= 15 is 0 Å². The van der Waals surface area contributed by atoms with E-state index < -0.39 is 0 Å². The van der Waals surface area contributed by atoms with Gasteiger partial charge in [-0.3, -0.25) is 9.48 Å². The van der Waals surface area contributed by atoms with E-state index in [0.717, 1.165) is 45.9 Å². The van der Waals surface area contributed by atoms with Crippen molar-refractivity contribution in [1.82, 2.24) is 24.6 Å². The van der Waals surface area contributed by atoms with Crippen LogP contribution in [0.15, 0.2) is 54.6 Å². The topological polar surface area (TPSA) is 64.7 Å². The van der Waals surface area contributed by atoms with Gasteiger partial charge in [-0.25, -0.2) is 4.98 Å². The number of aromatic nitrogens is 4. The van der Waals surface area contributed by atoms with Crippen molar-refractivity contribution < 1.29 is 4.79 Å². The third kappa shape index (κ3) is 4.31. The summed E-state index contributed by atoms with van der Waals surface area (Å²) in [5, 5.41) is 7.91. The highest BCUT2D eigenvalue weighted by Crippen LogP contribution is 2.25. The fourth-order valence-electron chi connectivity index (χ4n) is 4.25. The number of nitrogens with zero attached hydrogens (tertiary/aromatic N) is 4. The lowest BCUT2D eigenvalue weighted by Gasteiger charge is -2.19. The number of para-hydroxylation sites is 2. The summed E-state index contributed by atoms with van der Waals surface area (Å²) in [6.45, 7) is 9.22. The van der Waals surface area contributed by atoms with E-state index in [1.165, 1.54) is 0 Å². The predicted molar refractivity (Wildman–Crippen MR) is 127 cm³/mol. The Kier molecular flexibility index (Phi) is 6.12. The van der Waals surface area contributed by atoms with Crippen molar-refractivity contribution >= 4 is 16.9 Å². The van der Waals surface area contributed by atoms with Gasteiger partial charge in [0.2, 0.25) is 5.91 Å². The molecule has 0 aliphatic heterocycles. The number of aryl methyl sites for hydroxylation is 2. The maximum atomic E-state index is 13.2. The van der Waals surface area contributed by atoms with Crippen LogP contribution in [0.5, 0.6) is 0 Å². The van der Waals surface area contributed by atoms with E-state index in [9.17, 15) is 4.79 Å². The fraction of sp³-hybridized carbons (Fsp3) is 0.346. The molecule has 166 valence electrons. The van der Waals surface area contributed by atoms with Crippen LogP contribution < -0.4 is 5.32 Å². The predicted octanol–water partition coefficient (Wildman–Crippen LogP) is 4.49. The van der Waals surface area contributed by atoms with Crippen LogP contribution >= 0.6 is 0 Å². The van der Waals surface area contributed by atoms with Gasteiger partial charge in [-0.05, 0) is 37.5 Å². The van der Waals surface area contributed by atoms with Crippen molar-refractivity contribution in [3.05, 3.63) is 82.9 Å². The molecular weight excluding hydrogens is 398 g/mol. The summed E-state index contributed by atoms with van der Waals surface area (Å²) >= 11 is 0. The average molecular weight is 430 g/mol. The Morgan fingerprint density at radius 3 is 2.41 bits per heavy atom. The molecule has 0 saturated heterocycles. The first-order valence-corrected chi connectivity index (χ1v) is 11.1. The van der Waals surface area contributed by atoms with E-state index in [1.807, 2.05) is 80.2 Å². The number of amides is 1. The molecule has 1 N–H and O–H groups in total. The number of nitrogens with one attached hydrogen (secondary N) is 1. The number of hydrogen-bond donors (Lipinski definition) is 1. The molecule has 4 aromatic rings. The molecule has 0 saturated carbocycles. The highest BCUT2D eigenvalue weighted by molar-refractivity contribution is 5.80. The minimum absolute atomic E-state index is 0.0405. The second-order valence-electron chi connectivity index (χ2n) is 8.83. The summed E-state index contributed by atoms with van der Waals surface area (Å²) < 4.78 is 4.08. The van der Waals surface area contributed by atoms with Crippen molar-refractivity contribution in [2.75, 3.05) is 0 Å². The molecule has 6 heteroatoms. The maximum absolute atomic E-state index is 13.2. The van der Waals surface area contributed by atoms with E-state index in [1.54, 1.807) is 0 Å². The summed E-state index contributed by atoms with van der Waals surface area (Å²) in [7, 11) is 2.00. The smallest absolute Gasteiger partial charge is 0.225 e. The normalized spacial score (nSPS) is 12.4. The monoisotopic (exact) mass is 429 g/mol. The summed E-state index contributed by atoms with van der Waals surface area (Å²) in [5.74, 6) is 1.27. The first kappa shape index (κ1) is 21.8. The molecule has 0 aliphatic carbocycles. The largest absolute Gasteiger partial charge is 0.342 e. The maximum Gasteiger partial charge on any atom is 0.225 e. The Hall–Kier alpha value is -3.41. The van der Waals surface area contributed by atoms with Crippen molar-refractivity contribution in [2.45, 2.75) is 46.7 Å². The van der Waals surface area contributed by atoms with Gasteiger partial charge in [-0.2, -0.15) is 5.10 Å². The number of rotatable bonds is 7. The molecule has 0 radical (unpaired) electrons. The number of fused-ring (bicyclic) bond motifs is 1. The quantitative estimate of drug-likeness (QED) is 0.471. The lowest BCUT2D eigenvalue weighted by molar-refractivity contribution is -0.121. The van der Waals surface area contributed by atoms with Crippen molar-refractivity contribution in [3.8, 4) is 0 Å². The van der Waals surface area contributed by atoms with E-state index in [2.05, 4.69) is 28.8 Å². The van der Waals surface area contributed by atoms with E-state index in [-0.39, 0.29) is 11.9 Å². The Bertz CT molecular complexity index is 1240. The van der Waals surface area contributed by atoms with Crippen LogP contribution in [-0.4, -0.2) is 25.2 Å². The lowest BCUT2D eigenvalue weighted by atomic mass is 10.0. The molecule has 2 heterocycles. The molecule has 4 rings (SSSR count). The minimum Gasteiger partial charge on any atom is -0.342 e. The third-order valence-corrected chi connectivity index (χ3v) is 5.92. The summed E-state index contributed by atoms with van der Waals surface area (Å²) in [5.41, 5.74) is 5.94. The number of carbonyl (C=O) groups is 1. The van der Waals surface area contributed by atoms with Crippen molar-refractivity contribution in [1.29, 1.82) is 0 Å². The molecule has 0 fully saturated rings. The zero-order chi connectivity index (χ0) is 22.8. The molecule has 2 aromatic heterocycles. The van der Waals surface area contributed by atoms with Crippen molar-refractivity contribution in [2.24, 2.45) is 13.0 Å². The third-order valence-electron chi connectivity index (χ3n) is 5.92. The van der Waals surface area contributed by atoms with Gasteiger partial charge in [0.05, 0.1) is 23.1 Å². The summed E-state index contributed by atoms with van der Waals surface area (Å²) in [6.07, 6.45) is 0.295. The highest BCUT2D eigenvalue weighted by atomic mass is 16.1. The minimum atomic E-state index is -0.340. The molecule has 1 amide bonds. The van der Waals surface area contributed by atoms with Crippen LogP contribution in [0.25, 0.3) is 11.0 Å². The van der Waals surface area contributed by atoms with Crippen LogP contribution in [0.1, 0.15) is 48.2 Å². The van der Waals surface area contributed by atoms with Gasteiger partial charge in [0.25, 0.3) is 0 Å². The molecule has 0 spiro atoms. The number of benzene rings is 2. The molecule has 32 heavy (non-hydrogen) atoms. The Labute approximate surface area is 189 Å². The summed E-state index contributed by atoms with van der Waals surface area (Å²) in [4.78, 5) is 18.1. The van der Waals surface area contributed by atoms with Gasteiger partial charge in [0.1, 0.15) is 11.9 Å². The first-order valence-electron chi connectivity index (χ1n) is 11.1. The second kappa shape index (κ2) is 8.99. The average Bonchev–Trinajstić information content (AvgIpc) is 3.23. The van der Waals surface area contributed by atoms with Crippen LogP contribution in [0.2, 0.25) is 0 Å². The standard InChI is InChI=1S/C26H31N5O/c1-17(2)16-31-19(4)21(18(3)29-31)15-24(32)28-25(20-11-7-6-8-12-20)26-27-22-13-9-10-14-23(22)30(26)5/h6-14,17,25H,15-16H2,1-5H3,(H,28,32). The second-order valence-corrected chi connectivity index (χ2v) is 8.83. The van der Waals surface area contributed by atoms with Crippen LogP contribution in [0, 0.1) is 19.8 Å². The van der Waals surface area contributed by atoms with E-state index in [0.29, 0.717) is 12.3 Å². The highest BCUT2D eigenvalue weighted by Gasteiger charge is 2.24. The Morgan fingerprint density at radius 1 is 1.03 bits per heavy atom. The number of carbonyl (C=O) groups excluding carboxylic acids is 1. The Balaban J connectivity index is 1.65. The zero-order valence-corrected chi connectivity index (χ0v) is 19.5. The van der Waals surface area contributed by atoms with Crippen LogP contribution in [0.3, 0.4) is 0 Å². The van der Waals surface area contributed by atoms with Gasteiger partial charge < -0.3 is 9.88 Å². The first-order chi connectivity index (χ1) is 15.3. The van der Waals surface area contributed by atoms with Crippen LogP contribution in [0.4, 0.5) is 0 Å². The summed E-state index contributed by atoms with van der Waals surface area (Å²) in [6, 6.07) is 17.7. The fourth-order valence-corrected chi connectivity index (χ4v) is 4.25. The molecule has 2 aromatic carbocycles. The van der Waals surface area contributed by atoms with Gasteiger partial charge in [-0.15, -0.1) is 0 Å². The number of hydrogen-bond acceptors (Lipinski definition) is 3. The molecule has 0 bridgehead atoms. The molecule has 1 unspecified atom stereocenters. The molecule has 0 aliphatic rings. The molecule has 6 nitrogen and oxygen atoms in total. The van der Waals surface area contributed by atoms with Gasteiger partial charge in [-0.1, -0.05) is 56.3 Å². The number of imidazole rings is 1. The van der Waals surface area contributed by atoms with Gasteiger partial charge in [0, 0.05) is 24.8 Å².